The molecule has 3 nitrogen and oxygen atoms in total. The van der Waals surface area contributed by atoms with E-state index in [4.69, 9.17) is 0 Å². The monoisotopic (exact) mass is 270 g/mol. The smallest absolute Gasteiger partial charge is 0.130 e. The Bertz CT molecular complexity index is 647. The molecule has 0 bridgehead atoms. The molecule has 0 spiro atoms. The van der Waals surface area contributed by atoms with E-state index < -0.39 is 0 Å². The molecular formula is C17H22N2O. The zero-order chi connectivity index (χ0) is 13.7. The van der Waals surface area contributed by atoms with Crippen LogP contribution in [0.1, 0.15) is 43.5 Å². The summed E-state index contributed by atoms with van der Waals surface area (Å²) < 4.78 is 0.0122. The molecule has 3 heterocycles. The summed E-state index contributed by atoms with van der Waals surface area (Å²) in [6.45, 7) is 3.79. The van der Waals surface area contributed by atoms with Crippen molar-refractivity contribution >= 4 is 10.9 Å². The lowest BCUT2D eigenvalue weighted by atomic mass is 9.84. The lowest BCUT2D eigenvalue weighted by Crippen LogP contribution is -2.54. The number of nitrogens with zero attached hydrogens (tertiary/aromatic N) is 1. The van der Waals surface area contributed by atoms with Gasteiger partial charge in [0.2, 0.25) is 0 Å². The van der Waals surface area contributed by atoms with Crippen LogP contribution in [0.5, 0.6) is 0 Å². The van der Waals surface area contributed by atoms with Crippen molar-refractivity contribution < 1.29 is 4.65 Å². The Hall–Kier alpha value is -1.32. The average molecular weight is 270 g/mol. The fraction of sp³-hybridized carbons (Fsp3) is 0.529. The number of hydroxylamine groups is 3. The molecule has 0 saturated carbocycles. The van der Waals surface area contributed by atoms with Gasteiger partial charge in [-0.1, -0.05) is 25.1 Å². The third kappa shape index (κ3) is 1.66. The second kappa shape index (κ2) is 4.34. The van der Waals surface area contributed by atoms with Gasteiger partial charge in [0.05, 0.1) is 18.8 Å². The van der Waals surface area contributed by atoms with E-state index in [0.717, 1.165) is 32.4 Å². The molecule has 4 rings (SSSR count). The van der Waals surface area contributed by atoms with E-state index in [1.165, 1.54) is 28.6 Å². The van der Waals surface area contributed by atoms with Crippen molar-refractivity contribution in [3.05, 3.63) is 40.7 Å². The van der Waals surface area contributed by atoms with Gasteiger partial charge in [-0.05, 0) is 24.5 Å². The van der Waals surface area contributed by atoms with Crippen molar-refractivity contribution in [3.8, 4) is 0 Å². The van der Waals surface area contributed by atoms with Crippen LogP contribution in [0.15, 0.2) is 24.3 Å². The van der Waals surface area contributed by atoms with Gasteiger partial charge in [-0.2, -0.15) is 0 Å². The van der Waals surface area contributed by atoms with Gasteiger partial charge in [0.25, 0.3) is 0 Å². The number of benzene rings is 1. The first-order chi connectivity index (χ1) is 9.71. The molecule has 1 saturated heterocycles. The highest BCUT2D eigenvalue weighted by atomic mass is 16.5. The second-order valence-corrected chi connectivity index (χ2v) is 6.54. The maximum atomic E-state index is 13.2. The second-order valence-electron chi connectivity index (χ2n) is 6.54. The van der Waals surface area contributed by atoms with Crippen LogP contribution in [0.2, 0.25) is 0 Å². The van der Waals surface area contributed by atoms with Gasteiger partial charge in [0, 0.05) is 29.7 Å². The Morgan fingerprint density at radius 3 is 3.00 bits per heavy atom. The van der Waals surface area contributed by atoms with Crippen molar-refractivity contribution in [3.63, 3.8) is 0 Å². The van der Waals surface area contributed by atoms with E-state index in [-0.39, 0.29) is 10.7 Å². The summed E-state index contributed by atoms with van der Waals surface area (Å²) in [5.41, 5.74) is 3.84. The summed E-state index contributed by atoms with van der Waals surface area (Å²) in [6, 6.07) is 8.63. The summed E-state index contributed by atoms with van der Waals surface area (Å²) >= 11 is 0. The number of aromatic amines is 1. The lowest BCUT2D eigenvalue weighted by Gasteiger charge is -2.55. The van der Waals surface area contributed by atoms with Gasteiger partial charge < -0.3 is 14.8 Å². The van der Waals surface area contributed by atoms with Crippen LogP contribution in [-0.4, -0.2) is 22.7 Å². The van der Waals surface area contributed by atoms with Gasteiger partial charge in [-0.25, -0.2) is 0 Å². The normalized spacial score (nSPS) is 32.9. The molecule has 1 fully saturated rings. The third-order valence-electron chi connectivity index (χ3n) is 5.48. The maximum Gasteiger partial charge on any atom is 0.130 e. The van der Waals surface area contributed by atoms with E-state index in [9.17, 15) is 5.21 Å². The fourth-order valence-corrected chi connectivity index (χ4v) is 4.32. The fourth-order valence-electron chi connectivity index (χ4n) is 4.32. The number of hydrogen-bond acceptors (Lipinski definition) is 1. The van der Waals surface area contributed by atoms with Crippen molar-refractivity contribution in [2.45, 2.75) is 38.6 Å². The van der Waals surface area contributed by atoms with Crippen molar-refractivity contribution in [1.29, 1.82) is 0 Å². The average Bonchev–Trinajstić information content (AvgIpc) is 2.84. The number of fused-ring (bicyclic) bond motifs is 5. The largest absolute Gasteiger partial charge is 0.632 e. The molecule has 2 aliphatic heterocycles. The summed E-state index contributed by atoms with van der Waals surface area (Å²) in [5.74, 6) is 0.620. The highest BCUT2D eigenvalue weighted by molar-refractivity contribution is 5.85. The minimum absolute atomic E-state index is 0.0122. The quantitative estimate of drug-likeness (QED) is 0.619. The van der Waals surface area contributed by atoms with Crippen molar-refractivity contribution in [1.82, 2.24) is 4.98 Å². The third-order valence-corrected chi connectivity index (χ3v) is 5.48. The van der Waals surface area contributed by atoms with E-state index >= 15 is 0 Å². The number of piperidine rings is 1. The highest BCUT2D eigenvalue weighted by Crippen LogP contribution is 2.45. The molecule has 0 aliphatic carbocycles. The number of para-hydroxylation sites is 1. The van der Waals surface area contributed by atoms with Gasteiger partial charge in [0.15, 0.2) is 0 Å². The van der Waals surface area contributed by atoms with Crippen LogP contribution in [0.3, 0.4) is 0 Å². The maximum absolute atomic E-state index is 13.2. The van der Waals surface area contributed by atoms with Crippen LogP contribution >= 0.6 is 0 Å². The van der Waals surface area contributed by atoms with Gasteiger partial charge in [-0.3, -0.25) is 0 Å². The van der Waals surface area contributed by atoms with Crippen LogP contribution in [0.4, 0.5) is 0 Å². The number of nitrogens with one attached hydrogen (secondary N) is 1. The Labute approximate surface area is 119 Å². The summed E-state index contributed by atoms with van der Waals surface area (Å²) in [5, 5.41) is 14.6. The molecule has 1 N–H and O–H groups in total. The minimum atomic E-state index is 0.0122. The predicted octanol–water partition coefficient (Wildman–Crippen LogP) is 3.90. The number of quaternary nitrogens is 1. The van der Waals surface area contributed by atoms with E-state index in [1.807, 2.05) is 0 Å². The molecule has 0 unspecified atom stereocenters. The van der Waals surface area contributed by atoms with Crippen molar-refractivity contribution in [2.75, 3.05) is 13.1 Å². The topological polar surface area (TPSA) is 38.8 Å². The molecular weight excluding hydrogens is 248 g/mol. The Morgan fingerprint density at radius 2 is 2.15 bits per heavy atom. The number of aromatic nitrogens is 1. The first-order valence-corrected chi connectivity index (χ1v) is 7.88. The summed E-state index contributed by atoms with van der Waals surface area (Å²) in [7, 11) is 0. The first-order valence-electron chi connectivity index (χ1n) is 7.88. The Kier molecular flexibility index (Phi) is 2.69. The van der Waals surface area contributed by atoms with Gasteiger partial charge in [0.1, 0.15) is 6.04 Å². The first kappa shape index (κ1) is 12.4. The number of H-pyrrole nitrogens is 1. The SMILES string of the molecule is CC[C@@H]1CC[C@H]2c3[nH]c4ccccc4c3CC[N@+]2([O-])C1. The van der Waals surface area contributed by atoms with Crippen LogP contribution in [0, 0.1) is 11.1 Å². The predicted molar refractivity (Wildman–Crippen MR) is 81.1 cm³/mol. The lowest BCUT2D eigenvalue weighted by molar-refractivity contribution is -0.922. The van der Waals surface area contributed by atoms with E-state index in [1.54, 1.807) is 0 Å². The molecule has 106 valence electrons. The molecule has 1 aromatic heterocycles. The van der Waals surface area contributed by atoms with Gasteiger partial charge >= 0.3 is 0 Å². The summed E-state index contributed by atoms with van der Waals surface area (Å²) in [6.07, 6.45) is 4.32. The van der Waals surface area contributed by atoms with Crippen LogP contribution < -0.4 is 0 Å². The standard InChI is InChI=1S/C17H22N2O/c1-2-12-7-8-16-17-14(9-10-19(16,20)11-12)13-5-3-4-6-15(13)18-17/h3-6,12,16,18H,2,7-11H2,1H3/t12-,16+,19+/m1/s1. The Balaban J connectivity index is 1.80. The highest BCUT2D eigenvalue weighted by Gasteiger charge is 2.42. The molecule has 3 atom stereocenters. The van der Waals surface area contributed by atoms with E-state index in [0.29, 0.717) is 5.92 Å². The molecule has 0 amide bonds. The molecule has 2 aliphatic rings. The molecule has 20 heavy (non-hydrogen) atoms. The minimum Gasteiger partial charge on any atom is -0.632 e. The summed E-state index contributed by atoms with van der Waals surface area (Å²) in [4.78, 5) is 3.56. The Morgan fingerprint density at radius 1 is 1.30 bits per heavy atom. The molecule has 2 aromatic rings. The van der Waals surface area contributed by atoms with Crippen LogP contribution in [0.25, 0.3) is 10.9 Å². The molecule has 1 aromatic carbocycles. The molecule has 3 heteroatoms. The van der Waals surface area contributed by atoms with Gasteiger partial charge in [-0.15, -0.1) is 0 Å². The van der Waals surface area contributed by atoms with Crippen LogP contribution in [-0.2, 0) is 6.42 Å². The van der Waals surface area contributed by atoms with E-state index in [2.05, 4.69) is 36.2 Å². The number of hydrogen-bond donors (Lipinski definition) is 1. The van der Waals surface area contributed by atoms with Crippen molar-refractivity contribution in [2.24, 2.45) is 5.92 Å². The zero-order valence-electron chi connectivity index (χ0n) is 12.1. The number of rotatable bonds is 1. The zero-order valence-corrected chi connectivity index (χ0v) is 12.1. The molecule has 0 radical (unpaired) electrons.